The predicted octanol–water partition coefficient (Wildman–Crippen LogP) is 5.00. The molecular weight excluding hydrogens is 374 g/mol. The zero-order valence-electron chi connectivity index (χ0n) is 15.3. The quantitative estimate of drug-likeness (QED) is 0.631. The van der Waals surface area contributed by atoms with Gasteiger partial charge in [-0.3, -0.25) is 9.78 Å². The third-order valence-corrected chi connectivity index (χ3v) is 5.44. The molecule has 1 aliphatic carbocycles. The molecule has 2 aromatic carbocycles. The normalized spacial score (nSPS) is 18.9. The van der Waals surface area contributed by atoms with E-state index in [1.165, 1.54) is 11.9 Å². The molecule has 0 bridgehead atoms. The van der Waals surface area contributed by atoms with Crippen LogP contribution in [0.25, 0.3) is 10.9 Å². The second kappa shape index (κ2) is 6.60. The van der Waals surface area contributed by atoms with E-state index in [9.17, 15) is 4.79 Å². The Morgan fingerprint density at radius 1 is 1.14 bits per heavy atom. The Morgan fingerprint density at radius 3 is 2.64 bits per heavy atom. The van der Waals surface area contributed by atoms with Crippen LogP contribution < -0.4 is 0 Å². The smallest absolute Gasteiger partial charge is 0.243 e. The number of hydrogen-bond acceptors (Lipinski definition) is 4. The van der Waals surface area contributed by atoms with E-state index in [0.29, 0.717) is 22.4 Å². The molecule has 2 aliphatic rings. The maximum absolute atomic E-state index is 12.3. The zero-order valence-corrected chi connectivity index (χ0v) is 16.1. The molecule has 2 heterocycles. The lowest BCUT2D eigenvalue weighted by molar-refractivity contribution is -0.135. The first-order valence-corrected chi connectivity index (χ1v) is 9.69. The van der Waals surface area contributed by atoms with E-state index in [4.69, 9.17) is 21.3 Å². The van der Waals surface area contributed by atoms with Crippen molar-refractivity contribution in [1.29, 1.82) is 0 Å². The lowest BCUT2D eigenvalue weighted by Gasteiger charge is -2.20. The highest BCUT2D eigenvalue weighted by molar-refractivity contribution is 6.31. The fourth-order valence-corrected chi connectivity index (χ4v) is 3.74. The maximum atomic E-state index is 12.3. The molecule has 1 aliphatic heterocycles. The van der Waals surface area contributed by atoms with Crippen LogP contribution in [0, 0.1) is 0 Å². The zero-order chi connectivity index (χ0) is 19.3. The summed E-state index contributed by atoms with van der Waals surface area (Å²) in [5.74, 6) is 0.704. The Balaban J connectivity index is 1.63. The highest BCUT2D eigenvalue weighted by Gasteiger charge is 2.35. The first-order chi connectivity index (χ1) is 13.6. The number of hydrazone groups is 1. The van der Waals surface area contributed by atoms with E-state index < -0.39 is 6.23 Å². The molecule has 1 amide bonds. The second-order valence-corrected chi connectivity index (χ2v) is 7.55. The summed E-state index contributed by atoms with van der Waals surface area (Å²) < 4.78 is 6.19. The van der Waals surface area contributed by atoms with E-state index in [1.807, 2.05) is 48.5 Å². The number of carbonyl (C=O) groups is 1. The summed E-state index contributed by atoms with van der Waals surface area (Å²) in [5, 5.41) is 7.36. The molecule has 140 valence electrons. The van der Waals surface area contributed by atoms with Crippen LogP contribution in [0.4, 0.5) is 0 Å². The van der Waals surface area contributed by atoms with Crippen molar-refractivity contribution in [3.05, 3.63) is 76.4 Å². The van der Waals surface area contributed by atoms with E-state index in [2.05, 4.69) is 5.10 Å². The fourth-order valence-electron chi connectivity index (χ4n) is 3.51. The Kier molecular flexibility index (Phi) is 4.05. The highest BCUT2D eigenvalue weighted by atomic mass is 35.5. The largest absolute Gasteiger partial charge is 0.446 e. The molecule has 0 N–H and O–H groups in total. The average molecular weight is 392 g/mol. The summed E-state index contributed by atoms with van der Waals surface area (Å²) in [7, 11) is 0. The SMILES string of the molecule is CC(=O)N1N=C(c2cc(C3CC3)nc3ccccc23)O[C@@H]1c1ccccc1Cl. The van der Waals surface area contributed by atoms with Crippen LogP contribution in [0.1, 0.15) is 48.7 Å². The summed E-state index contributed by atoms with van der Waals surface area (Å²) in [5.41, 5.74) is 3.52. The van der Waals surface area contributed by atoms with Gasteiger partial charge in [0, 0.05) is 40.1 Å². The molecule has 0 unspecified atom stereocenters. The van der Waals surface area contributed by atoms with Gasteiger partial charge in [0.2, 0.25) is 18.0 Å². The van der Waals surface area contributed by atoms with Gasteiger partial charge < -0.3 is 4.74 Å². The van der Waals surface area contributed by atoms with Gasteiger partial charge in [-0.05, 0) is 31.0 Å². The number of fused-ring (bicyclic) bond motifs is 1. The molecule has 0 spiro atoms. The van der Waals surface area contributed by atoms with Crippen molar-refractivity contribution in [1.82, 2.24) is 9.99 Å². The van der Waals surface area contributed by atoms with Gasteiger partial charge in [0.15, 0.2) is 0 Å². The minimum atomic E-state index is -0.683. The number of benzene rings is 2. The minimum Gasteiger partial charge on any atom is -0.446 e. The molecule has 1 fully saturated rings. The summed E-state index contributed by atoms with van der Waals surface area (Å²) in [4.78, 5) is 17.1. The topological polar surface area (TPSA) is 54.8 Å². The summed E-state index contributed by atoms with van der Waals surface area (Å²) in [6.45, 7) is 1.47. The van der Waals surface area contributed by atoms with Gasteiger partial charge in [0.05, 0.1) is 5.52 Å². The van der Waals surface area contributed by atoms with Crippen molar-refractivity contribution >= 4 is 34.3 Å². The predicted molar refractivity (Wildman–Crippen MR) is 108 cm³/mol. The molecule has 1 aromatic heterocycles. The number of hydrogen-bond donors (Lipinski definition) is 0. The van der Waals surface area contributed by atoms with Crippen molar-refractivity contribution in [2.24, 2.45) is 5.10 Å². The maximum Gasteiger partial charge on any atom is 0.243 e. The van der Waals surface area contributed by atoms with E-state index in [-0.39, 0.29) is 5.91 Å². The Hall–Kier alpha value is -2.92. The van der Waals surface area contributed by atoms with Crippen LogP contribution in [-0.2, 0) is 9.53 Å². The number of nitrogens with zero attached hydrogens (tertiary/aromatic N) is 3. The lowest BCUT2D eigenvalue weighted by Crippen LogP contribution is -2.25. The minimum absolute atomic E-state index is 0.208. The van der Waals surface area contributed by atoms with Crippen LogP contribution >= 0.6 is 11.6 Å². The summed E-state index contributed by atoms with van der Waals surface area (Å²) in [6.07, 6.45) is 1.62. The summed E-state index contributed by atoms with van der Waals surface area (Å²) >= 11 is 6.36. The standard InChI is InChI=1S/C22H18ClN3O2/c1-13(27)26-22(16-7-2-4-8-18(16)23)28-21(25-26)17-12-20(14-10-11-14)24-19-9-5-3-6-15(17)19/h2-9,12,14,22H,10-11H2,1H3/t22-/m1/s1. The summed E-state index contributed by atoms with van der Waals surface area (Å²) in [6, 6.07) is 17.3. The number of pyridine rings is 1. The monoisotopic (exact) mass is 391 g/mol. The first-order valence-electron chi connectivity index (χ1n) is 9.31. The van der Waals surface area contributed by atoms with Crippen LogP contribution in [0.5, 0.6) is 0 Å². The Labute approximate surface area is 167 Å². The molecule has 1 atom stereocenters. The van der Waals surface area contributed by atoms with Gasteiger partial charge >= 0.3 is 0 Å². The highest BCUT2D eigenvalue weighted by Crippen LogP contribution is 2.41. The van der Waals surface area contributed by atoms with E-state index >= 15 is 0 Å². The number of ether oxygens (including phenoxy) is 1. The lowest BCUT2D eigenvalue weighted by atomic mass is 10.1. The van der Waals surface area contributed by atoms with Gasteiger partial charge in [0.1, 0.15) is 0 Å². The number of para-hydroxylation sites is 1. The second-order valence-electron chi connectivity index (χ2n) is 7.15. The fraction of sp³-hybridized carbons (Fsp3) is 0.227. The van der Waals surface area contributed by atoms with E-state index in [0.717, 1.165) is 35.0 Å². The molecule has 0 saturated heterocycles. The van der Waals surface area contributed by atoms with Crippen LogP contribution in [-0.4, -0.2) is 21.8 Å². The number of rotatable bonds is 3. The van der Waals surface area contributed by atoms with Crippen LogP contribution in [0.2, 0.25) is 5.02 Å². The van der Waals surface area contributed by atoms with Crippen molar-refractivity contribution in [3.8, 4) is 0 Å². The molecule has 1 saturated carbocycles. The Bertz CT molecular complexity index is 1120. The number of carbonyl (C=O) groups excluding carboxylic acids is 1. The van der Waals surface area contributed by atoms with E-state index in [1.54, 1.807) is 6.07 Å². The molecule has 3 aromatic rings. The molecular formula is C22H18ClN3O2. The van der Waals surface area contributed by atoms with Gasteiger partial charge in [-0.25, -0.2) is 0 Å². The van der Waals surface area contributed by atoms with Gasteiger partial charge in [-0.2, -0.15) is 5.01 Å². The molecule has 5 rings (SSSR count). The Morgan fingerprint density at radius 2 is 1.89 bits per heavy atom. The van der Waals surface area contributed by atoms with Crippen molar-refractivity contribution in [3.63, 3.8) is 0 Å². The molecule has 6 heteroatoms. The number of halogens is 1. The third-order valence-electron chi connectivity index (χ3n) is 5.10. The average Bonchev–Trinajstić information content (AvgIpc) is 3.46. The first kappa shape index (κ1) is 17.2. The van der Waals surface area contributed by atoms with Crippen molar-refractivity contribution in [2.45, 2.75) is 31.9 Å². The van der Waals surface area contributed by atoms with Crippen molar-refractivity contribution in [2.75, 3.05) is 0 Å². The molecule has 5 nitrogen and oxygen atoms in total. The van der Waals surface area contributed by atoms with Crippen molar-refractivity contribution < 1.29 is 9.53 Å². The number of amides is 1. The van der Waals surface area contributed by atoms with Gasteiger partial charge in [-0.1, -0.05) is 48.0 Å². The van der Waals surface area contributed by atoms with Crippen LogP contribution in [0.15, 0.2) is 59.7 Å². The molecule has 0 radical (unpaired) electrons. The van der Waals surface area contributed by atoms with Gasteiger partial charge in [-0.15, -0.1) is 5.10 Å². The number of aromatic nitrogens is 1. The molecule has 28 heavy (non-hydrogen) atoms. The van der Waals surface area contributed by atoms with Gasteiger partial charge in [0.25, 0.3) is 0 Å². The van der Waals surface area contributed by atoms with Crippen LogP contribution in [0.3, 0.4) is 0 Å². The third kappa shape index (κ3) is 2.92.